The maximum absolute atomic E-state index is 5.50. The summed E-state index contributed by atoms with van der Waals surface area (Å²) in [7, 11) is 1.69. The first kappa shape index (κ1) is 8.71. The van der Waals surface area contributed by atoms with Gasteiger partial charge in [0.1, 0.15) is 0 Å². The Morgan fingerprint density at radius 3 is 2.82 bits per heavy atom. The van der Waals surface area contributed by atoms with Crippen molar-refractivity contribution in [2.75, 3.05) is 13.7 Å². The molecule has 0 aliphatic carbocycles. The van der Waals surface area contributed by atoms with Crippen LogP contribution in [-0.4, -0.2) is 13.7 Å². The summed E-state index contributed by atoms with van der Waals surface area (Å²) >= 11 is 1.73. The van der Waals surface area contributed by atoms with E-state index in [1.807, 2.05) is 0 Å². The maximum Gasteiger partial charge on any atom is 0.0951 e. The molecule has 1 rings (SSSR count). The van der Waals surface area contributed by atoms with Crippen LogP contribution in [-0.2, 0) is 4.74 Å². The molecule has 11 heavy (non-hydrogen) atoms. The molecule has 0 amide bonds. The average Bonchev–Trinajstić information content (AvgIpc) is 2.39. The number of hydrogen-bond donors (Lipinski definition) is 1. The number of aryl methyl sites for hydroxylation is 1. The minimum atomic E-state index is 0.0694. The largest absolute Gasteiger partial charge is 0.375 e. The Morgan fingerprint density at radius 2 is 2.45 bits per heavy atom. The van der Waals surface area contributed by atoms with E-state index in [1.165, 1.54) is 10.4 Å². The van der Waals surface area contributed by atoms with E-state index in [9.17, 15) is 0 Å². The first-order valence-electron chi connectivity index (χ1n) is 3.55. The lowest BCUT2D eigenvalue weighted by atomic mass is 10.2. The van der Waals surface area contributed by atoms with Crippen LogP contribution in [0, 0.1) is 6.92 Å². The average molecular weight is 171 g/mol. The molecule has 0 saturated heterocycles. The second kappa shape index (κ2) is 3.85. The Hall–Kier alpha value is -0.380. The van der Waals surface area contributed by atoms with Crippen molar-refractivity contribution >= 4 is 11.3 Å². The van der Waals surface area contributed by atoms with Gasteiger partial charge in [0.25, 0.3) is 0 Å². The summed E-state index contributed by atoms with van der Waals surface area (Å²) in [4.78, 5) is 1.30. The summed E-state index contributed by atoms with van der Waals surface area (Å²) in [6, 6.07) is 2.12. The van der Waals surface area contributed by atoms with Gasteiger partial charge in [-0.05, 0) is 23.9 Å². The topological polar surface area (TPSA) is 35.2 Å². The molecular formula is C8H13NOS. The van der Waals surface area contributed by atoms with Crippen LogP contribution < -0.4 is 5.73 Å². The molecular weight excluding hydrogens is 158 g/mol. The van der Waals surface area contributed by atoms with Crippen molar-refractivity contribution in [3.63, 3.8) is 0 Å². The van der Waals surface area contributed by atoms with Gasteiger partial charge >= 0.3 is 0 Å². The van der Waals surface area contributed by atoms with Gasteiger partial charge in [0, 0.05) is 18.5 Å². The molecule has 0 aliphatic rings. The molecule has 1 atom stereocenters. The van der Waals surface area contributed by atoms with Gasteiger partial charge in [-0.1, -0.05) is 0 Å². The number of hydrogen-bond acceptors (Lipinski definition) is 3. The Kier molecular flexibility index (Phi) is 3.05. The van der Waals surface area contributed by atoms with Crippen LogP contribution in [0.1, 0.15) is 16.5 Å². The normalized spacial score (nSPS) is 13.4. The van der Waals surface area contributed by atoms with Crippen molar-refractivity contribution < 1.29 is 4.74 Å². The van der Waals surface area contributed by atoms with Gasteiger partial charge in [-0.2, -0.15) is 0 Å². The summed E-state index contributed by atoms with van der Waals surface area (Å²) < 4.78 is 5.18. The zero-order valence-corrected chi connectivity index (χ0v) is 7.65. The fourth-order valence-corrected chi connectivity index (χ4v) is 1.75. The van der Waals surface area contributed by atoms with Crippen molar-refractivity contribution in [2.24, 2.45) is 5.73 Å². The van der Waals surface area contributed by atoms with E-state index in [1.54, 1.807) is 18.4 Å². The van der Waals surface area contributed by atoms with Gasteiger partial charge in [-0.3, -0.25) is 0 Å². The van der Waals surface area contributed by atoms with Crippen LogP contribution in [0.15, 0.2) is 11.4 Å². The monoisotopic (exact) mass is 171 g/mol. The second-order valence-corrected chi connectivity index (χ2v) is 3.57. The first-order chi connectivity index (χ1) is 5.27. The molecule has 3 heteroatoms. The van der Waals surface area contributed by atoms with E-state index in [4.69, 9.17) is 10.5 Å². The molecule has 0 fully saturated rings. The highest BCUT2D eigenvalue weighted by Gasteiger charge is 2.08. The molecule has 0 aromatic carbocycles. The van der Waals surface area contributed by atoms with Crippen molar-refractivity contribution in [1.29, 1.82) is 0 Å². The summed E-state index contributed by atoms with van der Waals surface area (Å²) in [5.41, 5.74) is 6.70. The SMILES string of the molecule is COC(CN)c1csc(C)c1. The quantitative estimate of drug-likeness (QED) is 0.751. The van der Waals surface area contributed by atoms with E-state index in [2.05, 4.69) is 18.4 Å². The minimum Gasteiger partial charge on any atom is -0.375 e. The van der Waals surface area contributed by atoms with Gasteiger partial charge in [-0.25, -0.2) is 0 Å². The summed E-state index contributed by atoms with van der Waals surface area (Å²) in [5.74, 6) is 0. The third kappa shape index (κ3) is 2.02. The van der Waals surface area contributed by atoms with Crippen LogP contribution in [0.25, 0.3) is 0 Å². The third-order valence-corrected chi connectivity index (χ3v) is 2.50. The Labute approximate surface area is 71.0 Å². The van der Waals surface area contributed by atoms with E-state index in [-0.39, 0.29) is 6.10 Å². The lowest BCUT2D eigenvalue weighted by molar-refractivity contribution is 0.111. The predicted molar refractivity (Wildman–Crippen MR) is 47.9 cm³/mol. The minimum absolute atomic E-state index is 0.0694. The van der Waals surface area contributed by atoms with Gasteiger partial charge in [0.15, 0.2) is 0 Å². The second-order valence-electron chi connectivity index (χ2n) is 2.45. The zero-order chi connectivity index (χ0) is 8.27. The predicted octanol–water partition coefficient (Wildman–Crippen LogP) is 1.70. The smallest absolute Gasteiger partial charge is 0.0951 e. The van der Waals surface area contributed by atoms with Crippen molar-refractivity contribution in [3.8, 4) is 0 Å². The molecule has 1 aromatic rings. The standard InChI is InChI=1S/C8H13NOS/c1-6-3-7(5-11-6)8(4-9)10-2/h3,5,8H,4,9H2,1-2H3. The maximum atomic E-state index is 5.50. The Morgan fingerprint density at radius 1 is 1.73 bits per heavy atom. The van der Waals surface area contributed by atoms with E-state index < -0.39 is 0 Å². The molecule has 1 heterocycles. The zero-order valence-electron chi connectivity index (χ0n) is 6.83. The third-order valence-electron chi connectivity index (χ3n) is 1.62. The van der Waals surface area contributed by atoms with Crippen molar-refractivity contribution in [2.45, 2.75) is 13.0 Å². The van der Waals surface area contributed by atoms with Gasteiger partial charge in [0.05, 0.1) is 6.10 Å². The molecule has 0 saturated carbocycles. The highest BCUT2D eigenvalue weighted by atomic mass is 32.1. The Balaban J connectivity index is 2.73. The van der Waals surface area contributed by atoms with E-state index in [0.717, 1.165) is 0 Å². The Bertz CT molecular complexity index is 218. The van der Waals surface area contributed by atoms with Crippen molar-refractivity contribution in [3.05, 3.63) is 21.9 Å². The molecule has 62 valence electrons. The molecule has 0 spiro atoms. The van der Waals surface area contributed by atoms with Crippen LogP contribution >= 0.6 is 11.3 Å². The van der Waals surface area contributed by atoms with Gasteiger partial charge < -0.3 is 10.5 Å². The van der Waals surface area contributed by atoms with Crippen LogP contribution in [0.2, 0.25) is 0 Å². The molecule has 0 radical (unpaired) electrons. The highest BCUT2D eigenvalue weighted by molar-refractivity contribution is 7.10. The molecule has 0 aliphatic heterocycles. The molecule has 0 bridgehead atoms. The van der Waals surface area contributed by atoms with E-state index in [0.29, 0.717) is 6.54 Å². The number of nitrogens with two attached hydrogens (primary N) is 1. The van der Waals surface area contributed by atoms with Crippen LogP contribution in [0.4, 0.5) is 0 Å². The lowest BCUT2D eigenvalue weighted by Gasteiger charge is -2.09. The number of thiophene rings is 1. The van der Waals surface area contributed by atoms with Crippen LogP contribution in [0.3, 0.4) is 0 Å². The fraction of sp³-hybridized carbons (Fsp3) is 0.500. The molecule has 1 aromatic heterocycles. The first-order valence-corrected chi connectivity index (χ1v) is 4.43. The summed E-state index contributed by atoms with van der Waals surface area (Å²) in [6.07, 6.45) is 0.0694. The van der Waals surface area contributed by atoms with E-state index >= 15 is 0 Å². The molecule has 1 unspecified atom stereocenters. The molecule has 2 N–H and O–H groups in total. The summed E-state index contributed by atoms with van der Waals surface area (Å²) in [5, 5.41) is 2.09. The summed E-state index contributed by atoms with van der Waals surface area (Å²) in [6.45, 7) is 2.63. The fourth-order valence-electron chi connectivity index (χ4n) is 1.00. The van der Waals surface area contributed by atoms with Crippen molar-refractivity contribution in [1.82, 2.24) is 0 Å². The van der Waals surface area contributed by atoms with Gasteiger partial charge in [0.2, 0.25) is 0 Å². The number of ether oxygens (including phenoxy) is 1. The highest BCUT2D eigenvalue weighted by Crippen LogP contribution is 2.21. The lowest BCUT2D eigenvalue weighted by Crippen LogP contribution is -2.13. The molecule has 2 nitrogen and oxygen atoms in total. The van der Waals surface area contributed by atoms with Gasteiger partial charge in [-0.15, -0.1) is 11.3 Å². The number of rotatable bonds is 3. The van der Waals surface area contributed by atoms with Crippen LogP contribution in [0.5, 0.6) is 0 Å². The number of methoxy groups -OCH3 is 1.